The maximum absolute atomic E-state index is 13.4. The molecule has 2 heterocycles. The molecular weight excluding hydrogens is 602 g/mol. The molecule has 7 atom stereocenters. The highest BCUT2D eigenvalue weighted by Gasteiger charge is 2.35. The van der Waals surface area contributed by atoms with Gasteiger partial charge in [-0.05, 0) is 37.8 Å². The number of phenolic OH excluding ortho intramolecular Hbond substituents is 1. The summed E-state index contributed by atoms with van der Waals surface area (Å²) in [5.74, 6) is -1.13. The molecular formula is C32H45N3O9S. The van der Waals surface area contributed by atoms with Crippen LogP contribution in [0.3, 0.4) is 0 Å². The minimum absolute atomic E-state index is 0.128. The maximum Gasteiger partial charge on any atom is 0.405 e. The Morgan fingerprint density at radius 1 is 1.02 bits per heavy atom. The standard InChI is InChI=1S/C32H45N3O9S/c1-16-10-9-11-22(40-5)29(44-32(33)39)18(3)12-17(2)28(43-8)23(41-6)13-19(4)27(42-7)20-14-21-30(45-15-24(36)34-21)25(26(20)37)35-31(16)38/h9-12,14,17,19,22-23,27-29,37H,13,15H2,1-8H3,(H2,33,39)(H,34,36)(H,35,38)/b11-9-,16-10+,18-12+/t17-,19-,22?,23-,27+,28?,29-/m0/s1. The van der Waals surface area contributed by atoms with Gasteiger partial charge in [0.05, 0.1) is 40.3 Å². The van der Waals surface area contributed by atoms with Gasteiger partial charge in [0.2, 0.25) is 5.91 Å². The Balaban J connectivity index is 2.22. The molecule has 13 heteroatoms. The zero-order valence-electron chi connectivity index (χ0n) is 27.0. The number of aromatic hydroxyl groups is 1. The largest absolute Gasteiger partial charge is 0.505 e. The number of anilines is 2. The highest BCUT2D eigenvalue weighted by atomic mass is 32.2. The Bertz CT molecular complexity index is 1350. The van der Waals surface area contributed by atoms with Gasteiger partial charge in [-0.15, -0.1) is 11.8 Å². The van der Waals surface area contributed by atoms with E-state index in [1.807, 2.05) is 26.8 Å². The van der Waals surface area contributed by atoms with Crippen LogP contribution in [0.2, 0.25) is 0 Å². The summed E-state index contributed by atoms with van der Waals surface area (Å²) < 4.78 is 28.9. The van der Waals surface area contributed by atoms with E-state index in [0.29, 0.717) is 33.7 Å². The van der Waals surface area contributed by atoms with Gasteiger partial charge in [-0.1, -0.05) is 38.2 Å². The van der Waals surface area contributed by atoms with Gasteiger partial charge in [-0.2, -0.15) is 0 Å². The van der Waals surface area contributed by atoms with Gasteiger partial charge in [0.1, 0.15) is 11.9 Å². The predicted molar refractivity (Wildman–Crippen MR) is 172 cm³/mol. The SMILES string of the molecule is COC1[C@@H](OC)C[C@H](C)[C@@H](OC)c2cc3c(c(c2O)NC(=O)/C(C)=C/C=C\C(OC)[C@@H](OC(N)=O)/C(C)=C/[C@@H]1C)SCC(=O)N3. The zero-order chi connectivity index (χ0) is 33.4. The van der Waals surface area contributed by atoms with Crippen LogP contribution in [0, 0.1) is 11.8 Å². The molecule has 0 saturated heterocycles. The van der Waals surface area contributed by atoms with E-state index in [9.17, 15) is 19.5 Å². The average Bonchev–Trinajstić information content (AvgIpc) is 2.99. The van der Waals surface area contributed by atoms with E-state index in [-0.39, 0.29) is 34.9 Å². The lowest BCUT2D eigenvalue weighted by Crippen LogP contribution is -2.38. The number of amides is 3. The highest BCUT2D eigenvalue weighted by molar-refractivity contribution is 8.00. The summed E-state index contributed by atoms with van der Waals surface area (Å²) in [4.78, 5) is 38.1. The number of hydrogen-bond donors (Lipinski definition) is 4. The lowest BCUT2D eigenvalue weighted by molar-refractivity contribution is -0.114. The summed E-state index contributed by atoms with van der Waals surface area (Å²) in [6.07, 6.45) is 3.19. The molecule has 1 aromatic carbocycles. The number of carbonyl (C=O) groups excluding carboxylic acids is 3. The third kappa shape index (κ3) is 8.67. The van der Waals surface area contributed by atoms with Gasteiger partial charge in [0.15, 0.2) is 6.10 Å². The summed E-state index contributed by atoms with van der Waals surface area (Å²) in [6.45, 7) is 7.36. The van der Waals surface area contributed by atoms with Gasteiger partial charge < -0.3 is 45.2 Å². The quantitative estimate of drug-likeness (QED) is 0.200. The maximum atomic E-state index is 13.4. The minimum Gasteiger partial charge on any atom is -0.505 e. The van der Waals surface area contributed by atoms with Crippen molar-refractivity contribution in [1.29, 1.82) is 0 Å². The molecule has 0 aliphatic carbocycles. The minimum atomic E-state index is -0.961. The van der Waals surface area contributed by atoms with Crippen molar-refractivity contribution < 1.29 is 43.2 Å². The van der Waals surface area contributed by atoms with Crippen LogP contribution in [-0.4, -0.2) is 81.6 Å². The van der Waals surface area contributed by atoms with Crippen molar-refractivity contribution in [1.82, 2.24) is 0 Å². The Morgan fingerprint density at radius 3 is 2.33 bits per heavy atom. The van der Waals surface area contributed by atoms with Crippen LogP contribution in [0.25, 0.3) is 0 Å². The van der Waals surface area contributed by atoms with Crippen LogP contribution in [-0.2, 0) is 33.3 Å². The van der Waals surface area contributed by atoms with Crippen LogP contribution in [0.15, 0.2) is 46.4 Å². The number of nitrogens with one attached hydrogen (secondary N) is 2. The number of nitrogens with two attached hydrogens (primary N) is 1. The first-order valence-electron chi connectivity index (χ1n) is 14.6. The molecule has 2 unspecified atom stereocenters. The second-order valence-corrected chi connectivity index (χ2v) is 12.2. The Hall–Kier alpha value is -3.36. The van der Waals surface area contributed by atoms with E-state index >= 15 is 0 Å². The number of allylic oxidation sites excluding steroid dienone is 2. The molecule has 5 N–H and O–H groups in total. The van der Waals surface area contributed by atoms with Gasteiger partial charge in [-0.3, -0.25) is 9.59 Å². The van der Waals surface area contributed by atoms with Crippen LogP contribution >= 0.6 is 11.8 Å². The van der Waals surface area contributed by atoms with E-state index in [1.165, 1.54) is 26.0 Å². The average molecular weight is 648 g/mol. The molecule has 45 heavy (non-hydrogen) atoms. The Labute approximate surface area is 268 Å². The summed E-state index contributed by atoms with van der Waals surface area (Å²) in [5, 5.41) is 17.3. The fourth-order valence-electron chi connectivity index (χ4n) is 5.85. The van der Waals surface area contributed by atoms with Gasteiger partial charge in [0.25, 0.3) is 5.91 Å². The Kier molecular flexibility index (Phi) is 13.1. The van der Waals surface area contributed by atoms with Crippen molar-refractivity contribution in [3.63, 3.8) is 0 Å². The van der Waals surface area contributed by atoms with Crippen LogP contribution in [0.1, 0.15) is 45.8 Å². The summed E-state index contributed by atoms with van der Waals surface area (Å²) in [7, 11) is 6.21. The van der Waals surface area contributed by atoms with Crippen molar-refractivity contribution in [2.75, 3.05) is 44.8 Å². The van der Waals surface area contributed by atoms with Crippen LogP contribution in [0.5, 0.6) is 5.75 Å². The van der Waals surface area contributed by atoms with Crippen molar-refractivity contribution in [3.8, 4) is 5.75 Å². The molecule has 12 nitrogen and oxygen atoms in total. The number of fused-ring (bicyclic) bond motifs is 4. The normalized spacial score (nSPS) is 31.3. The summed E-state index contributed by atoms with van der Waals surface area (Å²) in [6, 6.07) is 1.69. The molecule has 0 saturated carbocycles. The number of ether oxygens (including phenoxy) is 5. The number of hydrogen-bond acceptors (Lipinski definition) is 10. The highest BCUT2D eigenvalue weighted by Crippen LogP contribution is 2.49. The van der Waals surface area contributed by atoms with E-state index < -0.39 is 42.5 Å². The fraction of sp³-hybridized carbons (Fsp3) is 0.531. The zero-order valence-corrected chi connectivity index (χ0v) is 27.9. The molecule has 2 aliphatic heterocycles. The van der Waals surface area contributed by atoms with Crippen molar-refractivity contribution in [3.05, 3.63) is 47.1 Å². The number of methoxy groups -OCH3 is 4. The molecule has 0 spiro atoms. The number of rotatable bonds is 5. The second kappa shape index (κ2) is 16.3. The second-order valence-electron chi connectivity index (χ2n) is 11.3. The smallest absolute Gasteiger partial charge is 0.405 e. The molecule has 0 fully saturated rings. The number of thioether (sulfide) groups is 1. The first-order chi connectivity index (χ1) is 21.4. The first kappa shape index (κ1) is 36.1. The molecule has 0 aromatic heterocycles. The fourth-order valence-corrected chi connectivity index (χ4v) is 6.75. The molecule has 248 valence electrons. The van der Waals surface area contributed by atoms with E-state index in [0.717, 1.165) is 0 Å². The van der Waals surface area contributed by atoms with Crippen molar-refractivity contribution >= 4 is 41.0 Å². The molecule has 2 aliphatic rings. The van der Waals surface area contributed by atoms with Gasteiger partial charge in [0, 0.05) is 45.5 Å². The first-order valence-corrected chi connectivity index (χ1v) is 15.6. The number of primary amides is 1. The lowest BCUT2D eigenvalue weighted by atomic mass is 9.86. The van der Waals surface area contributed by atoms with E-state index in [2.05, 4.69) is 10.6 Å². The molecule has 1 aromatic rings. The third-order valence-corrected chi connectivity index (χ3v) is 9.20. The van der Waals surface area contributed by atoms with E-state index in [1.54, 1.807) is 45.4 Å². The monoisotopic (exact) mass is 647 g/mol. The van der Waals surface area contributed by atoms with E-state index in [4.69, 9.17) is 29.4 Å². The number of benzene rings is 1. The third-order valence-electron chi connectivity index (χ3n) is 8.08. The van der Waals surface area contributed by atoms with Crippen molar-refractivity contribution in [2.45, 2.75) is 69.5 Å². The summed E-state index contributed by atoms with van der Waals surface area (Å²) in [5.41, 5.74) is 7.47. The molecule has 2 bridgehead atoms. The van der Waals surface area contributed by atoms with Gasteiger partial charge in [-0.25, -0.2) is 4.79 Å². The molecule has 0 radical (unpaired) electrons. The number of carbonyl (C=O) groups is 3. The summed E-state index contributed by atoms with van der Waals surface area (Å²) >= 11 is 1.22. The molecule has 3 rings (SSSR count). The molecule has 3 amide bonds. The lowest BCUT2D eigenvalue weighted by Gasteiger charge is -2.34. The predicted octanol–water partition coefficient (Wildman–Crippen LogP) is 4.70. The van der Waals surface area contributed by atoms with Crippen LogP contribution < -0.4 is 16.4 Å². The van der Waals surface area contributed by atoms with Gasteiger partial charge >= 0.3 is 6.09 Å². The van der Waals surface area contributed by atoms with Crippen molar-refractivity contribution in [2.24, 2.45) is 17.6 Å². The Morgan fingerprint density at radius 2 is 1.73 bits per heavy atom. The topological polar surface area (TPSA) is 168 Å². The number of phenols is 1. The van der Waals surface area contributed by atoms with Crippen LogP contribution in [0.4, 0.5) is 16.2 Å².